The number of halogens is 1. The number of aryl methyl sites for hydroxylation is 2. The van der Waals surface area contributed by atoms with Gasteiger partial charge in [-0.25, -0.2) is 4.98 Å². The molecule has 0 spiro atoms. The van der Waals surface area contributed by atoms with E-state index in [-0.39, 0.29) is 5.56 Å². The van der Waals surface area contributed by atoms with Gasteiger partial charge in [-0.1, -0.05) is 64.1 Å². The molecular weight excluding hydrogens is 532 g/mol. The molecule has 0 saturated carbocycles. The number of fused-ring (bicyclic) bond motifs is 2. The summed E-state index contributed by atoms with van der Waals surface area (Å²) in [5, 5.41) is 1.39. The van der Waals surface area contributed by atoms with Gasteiger partial charge in [-0.2, -0.15) is 0 Å². The van der Waals surface area contributed by atoms with Crippen LogP contribution in [-0.2, 0) is 23.6 Å². The number of hydrogen-bond acceptors (Lipinski definition) is 6. The van der Waals surface area contributed by atoms with Gasteiger partial charge in [0.05, 0.1) is 12.0 Å². The molecule has 1 aliphatic heterocycles. The molecule has 34 heavy (non-hydrogen) atoms. The predicted molar refractivity (Wildman–Crippen MR) is 142 cm³/mol. The molecule has 0 bridgehead atoms. The Morgan fingerprint density at radius 3 is 2.85 bits per heavy atom. The molecule has 8 heteroatoms. The average Bonchev–Trinajstić information content (AvgIpc) is 3.13. The van der Waals surface area contributed by atoms with Gasteiger partial charge in [0.25, 0.3) is 5.56 Å². The molecule has 0 amide bonds. The van der Waals surface area contributed by atoms with Crippen LogP contribution in [0.15, 0.2) is 69.5 Å². The van der Waals surface area contributed by atoms with Crippen molar-refractivity contribution in [3.8, 4) is 5.75 Å². The van der Waals surface area contributed by atoms with Crippen LogP contribution < -0.4 is 10.3 Å². The number of thioether (sulfide) groups is 1. The molecule has 1 aliphatic rings. The second kappa shape index (κ2) is 9.70. The number of allylic oxidation sites excluding steroid dienone is 1. The Morgan fingerprint density at radius 2 is 2.09 bits per heavy atom. The molecule has 5 rings (SSSR count). The first-order chi connectivity index (χ1) is 16.5. The SMILES string of the molecule is C=CCn1c(SCc2cc(Br)cc3c2O[C@H](c2ccccc2)OC3)nc2sc(C)c(C)c2c1=O. The fourth-order valence-corrected chi connectivity index (χ4v) is 6.61. The zero-order valence-corrected chi connectivity index (χ0v) is 22.1. The molecular formula is C26H23BrN2O3S2. The molecule has 0 N–H and O–H groups in total. The van der Waals surface area contributed by atoms with Crippen molar-refractivity contribution in [1.82, 2.24) is 9.55 Å². The van der Waals surface area contributed by atoms with E-state index in [2.05, 4.69) is 28.6 Å². The summed E-state index contributed by atoms with van der Waals surface area (Å²) in [4.78, 5) is 20.1. The Bertz CT molecular complexity index is 1450. The lowest BCUT2D eigenvalue weighted by Gasteiger charge is -2.28. The van der Waals surface area contributed by atoms with Crippen LogP contribution in [0.2, 0.25) is 0 Å². The quantitative estimate of drug-likeness (QED) is 0.147. The summed E-state index contributed by atoms with van der Waals surface area (Å²) in [7, 11) is 0. The van der Waals surface area contributed by atoms with Gasteiger partial charge >= 0.3 is 0 Å². The average molecular weight is 556 g/mol. The Balaban J connectivity index is 1.49. The van der Waals surface area contributed by atoms with Gasteiger partial charge in [0.1, 0.15) is 10.6 Å². The highest BCUT2D eigenvalue weighted by Gasteiger charge is 2.25. The Hall–Kier alpha value is -2.39. The smallest absolute Gasteiger partial charge is 0.263 e. The van der Waals surface area contributed by atoms with Crippen LogP contribution in [0.5, 0.6) is 5.75 Å². The second-order valence-electron chi connectivity index (χ2n) is 8.08. The van der Waals surface area contributed by atoms with Gasteiger partial charge in [0.2, 0.25) is 6.29 Å². The summed E-state index contributed by atoms with van der Waals surface area (Å²) >= 11 is 6.72. The van der Waals surface area contributed by atoms with E-state index in [4.69, 9.17) is 14.5 Å². The molecule has 5 nitrogen and oxygen atoms in total. The highest BCUT2D eigenvalue weighted by atomic mass is 79.9. The summed E-state index contributed by atoms with van der Waals surface area (Å²) < 4.78 is 15.0. The van der Waals surface area contributed by atoms with Crippen molar-refractivity contribution in [1.29, 1.82) is 0 Å². The van der Waals surface area contributed by atoms with Crippen molar-refractivity contribution in [2.45, 2.75) is 44.2 Å². The van der Waals surface area contributed by atoms with E-state index in [1.807, 2.05) is 50.2 Å². The standard InChI is InChI=1S/C26H23BrN2O3S2/c1-4-10-29-24(30)21-15(2)16(3)34-23(21)28-26(29)33-14-19-12-20(27)11-18-13-31-25(32-22(18)19)17-8-6-5-7-9-17/h4-9,11-12,25H,1,10,13-14H2,2-3H3/t25-/m1/s1. The second-order valence-corrected chi connectivity index (χ2v) is 11.1. The van der Waals surface area contributed by atoms with Crippen molar-refractivity contribution in [2.75, 3.05) is 0 Å². The normalized spacial score (nSPS) is 15.2. The number of ether oxygens (including phenoxy) is 2. The highest BCUT2D eigenvalue weighted by Crippen LogP contribution is 2.40. The van der Waals surface area contributed by atoms with Gasteiger partial charge in [0.15, 0.2) is 5.16 Å². The third-order valence-electron chi connectivity index (χ3n) is 5.82. The molecule has 0 aliphatic carbocycles. The Kier molecular flexibility index (Phi) is 6.66. The third-order valence-corrected chi connectivity index (χ3v) is 8.40. The lowest BCUT2D eigenvalue weighted by molar-refractivity contribution is -0.111. The largest absolute Gasteiger partial charge is 0.460 e. The van der Waals surface area contributed by atoms with Gasteiger partial charge in [-0.05, 0) is 31.5 Å². The minimum atomic E-state index is -0.455. The number of benzene rings is 2. The fourth-order valence-electron chi connectivity index (χ4n) is 4.01. The van der Waals surface area contributed by atoms with Crippen molar-refractivity contribution in [3.05, 3.63) is 97.1 Å². The first-order valence-electron chi connectivity index (χ1n) is 10.8. The van der Waals surface area contributed by atoms with Crippen LogP contribution in [0.25, 0.3) is 10.2 Å². The van der Waals surface area contributed by atoms with Crippen molar-refractivity contribution >= 4 is 49.2 Å². The Labute approximate surface area is 214 Å². The van der Waals surface area contributed by atoms with E-state index in [0.717, 1.165) is 42.2 Å². The topological polar surface area (TPSA) is 53.4 Å². The first-order valence-corrected chi connectivity index (χ1v) is 13.4. The summed E-state index contributed by atoms with van der Waals surface area (Å²) in [6.07, 6.45) is 1.28. The summed E-state index contributed by atoms with van der Waals surface area (Å²) in [6.45, 7) is 8.73. The van der Waals surface area contributed by atoms with Crippen LogP contribution in [0, 0.1) is 13.8 Å². The molecule has 174 valence electrons. The van der Waals surface area contributed by atoms with Crippen molar-refractivity contribution in [2.24, 2.45) is 0 Å². The van der Waals surface area contributed by atoms with Crippen LogP contribution in [0.3, 0.4) is 0 Å². The fraction of sp³-hybridized carbons (Fsp3) is 0.231. The van der Waals surface area contributed by atoms with Gasteiger partial charge < -0.3 is 9.47 Å². The van der Waals surface area contributed by atoms with Crippen LogP contribution in [0.1, 0.15) is 33.4 Å². The maximum atomic E-state index is 13.3. The molecule has 3 heterocycles. The minimum absolute atomic E-state index is 0.0145. The third kappa shape index (κ3) is 4.35. The molecule has 4 aromatic rings. The maximum Gasteiger partial charge on any atom is 0.263 e. The number of nitrogens with zero attached hydrogens (tertiary/aromatic N) is 2. The van der Waals surface area contributed by atoms with Crippen LogP contribution in [-0.4, -0.2) is 9.55 Å². The predicted octanol–water partition coefficient (Wildman–Crippen LogP) is 6.92. The first kappa shape index (κ1) is 23.4. The Morgan fingerprint density at radius 1 is 1.29 bits per heavy atom. The van der Waals surface area contributed by atoms with E-state index >= 15 is 0 Å². The monoisotopic (exact) mass is 554 g/mol. The van der Waals surface area contributed by atoms with E-state index in [9.17, 15) is 4.79 Å². The van der Waals surface area contributed by atoms with Gasteiger partial charge in [-0.15, -0.1) is 17.9 Å². The zero-order chi connectivity index (χ0) is 23.8. The molecule has 1 atom stereocenters. The van der Waals surface area contributed by atoms with Crippen molar-refractivity contribution < 1.29 is 9.47 Å². The number of thiophene rings is 1. The summed E-state index contributed by atoms with van der Waals surface area (Å²) in [5.41, 5.74) is 3.99. The van der Waals surface area contributed by atoms with E-state index < -0.39 is 6.29 Å². The number of hydrogen-bond donors (Lipinski definition) is 0. The molecule has 0 radical (unpaired) electrons. The van der Waals surface area contributed by atoms with Crippen LogP contribution >= 0.6 is 39.0 Å². The number of rotatable bonds is 6. The maximum absolute atomic E-state index is 13.3. The summed E-state index contributed by atoms with van der Waals surface area (Å²) in [6, 6.07) is 14.0. The number of aromatic nitrogens is 2. The lowest BCUT2D eigenvalue weighted by atomic mass is 10.1. The van der Waals surface area contributed by atoms with Crippen LogP contribution in [0.4, 0.5) is 0 Å². The van der Waals surface area contributed by atoms with Gasteiger partial charge in [0, 0.05) is 38.3 Å². The molecule has 0 unspecified atom stereocenters. The molecule has 0 saturated heterocycles. The minimum Gasteiger partial charge on any atom is -0.460 e. The lowest BCUT2D eigenvalue weighted by Crippen LogP contribution is -2.22. The molecule has 2 aromatic heterocycles. The molecule has 2 aromatic carbocycles. The van der Waals surface area contributed by atoms with Gasteiger partial charge in [-0.3, -0.25) is 9.36 Å². The van der Waals surface area contributed by atoms with E-state index in [0.29, 0.717) is 29.4 Å². The zero-order valence-electron chi connectivity index (χ0n) is 18.8. The van der Waals surface area contributed by atoms with Crippen molar-refractivity contribution in [3.63, 3.8) is 0 Å². The molecule has 0 fully saturated rings. The highest BCUT2D eigenvalue weighted by molar-refractivity contribution is 9.10. The summed E-state index contributed by atoms with van der Waals surface area (Å²) in [5.74, 6) is 1.43. The van der Waals surface area contributed by atoms with E-state index in [1.54, 1.807) is 22.0 Å². The van der Waals surface area contributed by atoms with E-state index in [1.165, 1.54) is 11.8 Å².